The Bertz CT molecular complexity index is 99.6. The number of carbonyl (C=O) groups excluding carboxylic acids is 2. The normalized spacial score (nSPS) is 7.20. The summed E-state index contributed by atoms with van der Waals surface area (Å²) >= 11 is 0.230. The van der Waals surface area contributed by atoms with Crippen molar-refractivity contribution in [2.45, 2.75) is 23.7 Å². The van der Waals surface area contributed by atoms with Gasteiger partial charge in [-0.15, -0.1) is 0 Å². The first kappa shape index (κ1) is 12.6. The van der Waals surface area contributed by atoms with Crippen LogP contribution in [0.5, 0.6) is 0 Å². The van der Waals surface area contributed by atoms with E-state index in [4.69, 9.17) is 0 Å². The van der Waals surface area contributed by atoms with Crippen molar-refractivity contribution in [2.75, 3.05) is 0 Å². The van der Waals surface area contributed by atoms with E-state index in [1.807, 2.05) is 0 Å². The Morgan fingerprint density at radius 3 is 1.30 bits per heavy atom. The third kappa shape index (κ3) is 24.6. The maximum atomic E-state index is 9.81. The Kier molecular flexibility index (Phi) is 11.3. The third-order valence-electron chi connectivity index (χ3n) is 0.287. The molecule has 4 heteroatoms. The molecule has 0 aromatic rings. The van der Waals surface area contributed by atoms with Crippen molar-refractivity contribution in [3.05, 3.63) is 0 Å². The van der Waals surface area contributed by atoms with Gasteiger partial charge in [0.2, 0.25) is 0 Å². The van der Waals surface area contributed by atoms with E-state index < -0.39 is 11.9 Å². The first-order valence-corrected chi connectivity index (χ1v) is 8.52. The molecule has 0 aromatic heterocycles. The average Bonchev–Trinajstić information content (AvgIpc) is 1.62. The van der Waals surface area contributed by atoms with Gasteiger partial charge < -0.3 is 4.74 Å². The molecule has 0 amide bonds. The number of hydrogen-bond acceptors (Lipinski definition) is 3. The summed E-state index contributed by atoms with van der Waals surface area (Å²) in [5.74, 6) is -1.12. The van der Waals surface area contributed by atoms with E-state index in [1.165, 1.54) is 13.8 Å². The molecule has 0 heterocycles. The molecule has 58 valence electrons. The Balaban J connectivity index is 0. The topological polar surface area (TPSA) is 43.4 Å². The fourth-order valence-corrected chi connectivity index (χ4v) is 0.202. The van der Waals surface area contributed by atoms with Crippen LogP contribution in [0.4, 0.5) is 0 Å². The quantitative estimate of drug-likeness (QED) is 0.364. The van der Waals surface area contributed by atoms with Crippen LogP contribution in [0.15, 0.2) is 0 Å². The monoisotopic (exact) mass is 252 g/mol. The predicted octanol–water partition coefficient (Wildman–Crippen LogP) is 0.883. The molecule has 0 spiro atoms. The third-order valence-corrected chi connectivity index (χ3v) is 0.287. The summed E-state index contributed by atoms with van der Waals surface area (Å²) in [5, 5.41) is 0. The zero-order valence-corrected chi connectivity index (χ0v) is 9.58. The molecule has 0 aliphatic rings. The van der Waals surface area contributed by atoms with Crippen molar-refractivity contribution in [3.8, 4) is 0 Å². The Morgan fingerprint density at radius 2 is 1.30 bits per heavy atom. The summed E-state index contributed by atoms with van der Waals surface area (Å²) in [6.45, 7) is 2.36. The van der Waals surface area contributed by atoms with Crippen LogP contribution in [-0.2, 0) is 14.3 Å². The van der Waals surface area contributed by atoms with E-state index >= 15 is 0 Å². The fourth-order valence-electron chi connectivity index (χ4n) is 0.202. The maximum absolute atomic E-state index is 9.81. The molecule has 0 saturated carbocycles. The Hall–Kier alpha value is -0.0613. The van der Waals surface area contributed by atoms with Gasteiger partial charge in [0.15, 0.2) is 0 Å². The zero-order chi connectivity index (χ0) is 8.57. The molecule has 0 N–H and O–H groups in total. The molecule has 0 bridgehead atoms. The summed E-state index contributed by atoms with van der Waals surface area (Å²) in [4.78, 5) is 24.2. The first-order valence-electron chi connectivity index (χ1n) is 2.82. The standard InChI is InChI=1S/C4H6O3.2CH3.Sn/c1-3(5)7-4(2)6;;;/h1-2H3;2*1H3;. The second-order valence-electron chi connectivity index (χ2n) is 1.59. The van der Waals surface area contributed by atoms with Gasteiger partial charge >= 0.3 is 43.0 Å². The van der Waals surface area contributed by atoms with Gasteiger partial charge in [0.1, 0.15) is 0 Å². The van der Waals surface area contributed by atoms with Crippen molar-refractivity contribution in [1.29, 1.82) is 0 Å². The molecule has 0 rings (SSSR count). The van der Waals surface area contributed by atoms with Gasteiger partial charge in [-0.2, -0.15) is 0 Å². The Labute approximate surface area is 71.4 Å². The van der Waals surface area contributed by atoms with Gasteiger partial charge in [-0.1, -0.05) is 0 Å². The van der Waals surface area contributed by atoms with E-state index in [0.29, 0.717) is 0 Å². The second kappa shape index (κ2) is 8.94. The summed E-state index contributed by atoms with van der Waals surface area (Å²) in [5.41, 5.74) is 0. The van der Waals surface area contributed by atoms with E-state index in [9.17, 15) is 9.59 Å². The zero-order valence-electron chi connectivity index (χ0n) is 6.72. The van der Waals surface area contributed by atoms with E-state index in [2.05, 4.69) is 14.6 Å². The van der Waals surface area contributed by atoms with Crippen molar-refractivity contribution in [3.63, 3.8) is 0 Å². The predicted molar refractivity (Wildman–Crippen MR) is 39.9 cm³/mol. The molecule has 0 aliphatic carbocycles. The molecular formula is C6H12O3Sn. The van der Waals surface area contributed by atoms with Crippen LogP contribution in [0.3, 0.4) is 0 Å². The molecule has 0 unspecified atom stereocenters. The SMILES string of the molecule is CC(=O)OC(C)=O.[CH3][Sn][CH3]. The number of rotatable bonds is 0. The van der Waals surface area contributed by atoms with Gasteiger partial charge in [0, 0.05) is 13.8 Å². The number of carbonyl (C=O) groups is 2. The van der Waals surface area contributed by atoms with E-state index in [1.54, 1.807) is 0 Å². The minimum atomic E-state index is -0.562. The van der Waals surface area contributed by atoms with Gasteiger partial charge in [0.25, 0.3) is 0 Å². The number of ether oxygens (including phenoxy) is 1. The molecule has 0 atom stereocenters. The molecule has 0 aliphatic heterocycles. The number of hydrogen-bond donors (Lipinski definition) is 0. The molecule has 0 saturated heterocycles. The molecule has 3 nitrogen and oxygen atoms in total. The molecule has 0 aromatic carbocycles. The van der Waals surface area contributed by atoms with Gasteiger partial charge in [-0.3, -0.25) is 9.59 Å². The van der Waals surface area contributed by atoms with Gasteiger partial charge in [0.05, 0.1) is 0 Å². The van der Waals surface area contributed by atoms with Gasteiger partial charge in [-0.25, -0.2) is 0 Å². The second-order valence-corrected chi connectivity index (χ2v) is 4.44. The number of esters is 2. The minimum absolute atomic E-state index is 0.230. The summed E-state index contributed by atoms with van der Waals surface area (Å²) in [6, 6.07) is 0. The molecule has 10 heavy (non-hydrogen) atoms. The van der Waals surface area contributed by atoms with Crippen LogP contribution < -0.4 is 0 Å². The summed E-state index contributed by atoms with van der Waals surface area (Å²) < 4.78 is 3.97. The van der Waals surface area contributed by atoms with Crippen LogP contribution in [0, 0.1) is 0 Å². The molecular weight excluding hydrogens is 239 g/mol. The van der Waals surface area contributed by atoms with Crippen molar-refractivity contribution < 1.29 is 14.3 Å². The van der Waals surface area contributed by atoms with Crippen molar-refractivity contribution in [1.82, 2.24) is 0 Å². The molecule has 2 radical (unpaired) electrons. The Morgan fingerprint density at radius 1 is 1.10 bits per heavy atom. The van der Waals surface area contributed by atoms with E-state index in [0.717, 1.165) is 0 Å². The van der Waals surface area contributed by atoms with Crippen LogP contribution in [-0.4, -0.2) is 33.1 Å². The summed E-state index contributed by atoms with van der Waals surface area (Å²) in [6.07, 6.45) is 0. The van der Waals surface area contributed by atoms with Crippen molar-refractivity contribution >= 4 is 33.1 Å². The average molecular weight is 251 g/mol. The first-order chi connectivity index (χ1) is 4.54. The summed E-state index contributed by atoms with van der Waals surface area (Å²) in [7, 11) is 0. The fraction of sp³-hybridized carbons (Fsp3) is 0.667. The van der Waals surface area contributed by atoms with Crippen LogP contribution >= 0.6 is 0 Å². The molecule has 0 fully saturated rings. The van der Waals surface area contributed by atoms with Crippen LogP contribution in [0.1, 0.15) is 13.8 Å². The van der Waals surface area contributed by atoms with Crippen LogP contribution in [0.25, 0.3) is 0 Å². The van der Waals surface area contributed by atoms with Crippen molar-refractivity contribution in [2.24, 2.45) is 0 Å². The van der Waals surface area contributed by atoms with E-state index in [-0.39, 0.29) is 21.1 Å². The van der Waals surface area contributed by atoms with Gasteiger partial charge in [-0.05, 0) is 0 Å². The van der Waals surface area contributed by atoms with Crippen LogP contribution in [0.2, 0.25) is 9.88 Å².